The Balaban J connectivity index is 1.98. The molecule has 0 aliphatic carbocycles. The molecule has 6 nitrogen and oxygen atoms in total. The molecule has 0 aliphatic rings. The molecule has 2 aromatic rings. The second-order valence-corrected chi connectivity index (χ2v) is 8.32. The Kier molecular flexibility index (Phi) is 9.32. The monoisotopic (exact) mass is 436 g/mol. The average molecular weight is 437 g/mol. The number of ketones is 2. The van der Waals surface area contributed by atoms with Crippen molar-refractivity contribution in [3.8, 4) is 0 Å². The van der Waals surface area contributed by atoms with Gasteiger partial charge in [0.05, 0.1) is 12.6 Å². The molecular weight excluding hydrogens is 404 g/mol. The lowest BCUT2D eigenvalue weighted by molar-refractivity contribution is -0.137. The molecule has 0 fully saturated rings. The first-order valence-electron chi connectivity index (χ1n) is 11.0. The largest absolute Gasteiger partial charge is 0.343 e. The third-order valence-electron chi connectivity index (χ3n) is 5.27. The lowest BCUT2D eigenvalue weighted by Gasteiger charge is -2.28. The van der Waals surface area contributed by atoms with Crippen molar-refractivity contribution < 1.29 is 19.2 Å². The second kappa shape index (κ2) is 11.9. The summed E-state index contributed by atoms with van der Waals surface area (Å²) in [4.78, 5) is 51.5. The predicted molar refractivity (Wildman–Crippen MR) is 125 cm³/mol. The average Bonchev–Trinajstić information content (AvgIpc) is 2.80. The summed E-state index contributed by atoms with van der Waals surface area (Å²) in [5.41, 5.74) is 1.41. The summed E-state index contributed by atoms with van der Waals surface area (Å²) in [5.74, 6) is -0.540. The van der Waals surface area contributed by atoms with E-state index in [1.54, 1.807) is 55.6 Å². The van der Waals surface area contributed by atoms with Gasteiger partial charge in [-0.2, -0.15) is 0 Å². The number of rotatable bonds is 11. The van der Waals surface area contributed by atoms with Gasteiger partial charge in [-0.05, 0) is 30.9 Å². The minimum absolute atomic E-state index is 0.0436. The van der Waals surface area contributed by atoms with Crippen LogP contribution in [0.3, 0.4) is 0 Å². The highest BCUT2D eigenvalue weighted by atomic mass is 16.2. The van der Waals surface area contributed by atoms with Crippen LogP contribution in [0.15, 0.2) is 54.6 Å². The van der Waals surface area contributed by atoms with Gasteiger partial charge in [-0.1, -0.05) is 63.2 Å². The molecule has 1 N–H and O–H groups in total. The van der Waals surface area contributed by atoms with E-state index in [4.69, 9.17) is 0 Å². The minimum atomic E-state index is -0.484. The van der Waals surface area contributed by atoms with E-state index in [0.717, 1.165) is 6.42 Å². The maximum absolute atomic E-state index is 12.6. The molecule has 2 aromatic carbocycles. The Labute approximate surface area is 190 Å². The Morgan fingerprint density at radius 2 is 1.44 bits per heavy atom. The molecule has 170 valence electrons. The first kappa shape index (κ1) is 25.0. The van der Waals surface area contributed by atoms with Gasteiger partial charge in [0.25, 0.3) is 5.91 Å². The highest BCUT2D eigenvalue weighted by Gasteiger charge is 2.27. The first-order valence-corrected chi connectivity index (χ1v) is 11.0. The van der Waals surface area contributed by atoms with E-state index in [1.807, 2.05) is 26.8 Å². The number of nitrogens with one attached hydrogen (secondary N) is 1. The molecule has 0 bridgehead atoms. The molecule has 0 aromatic heterocycles. The van der Waals surface area contributed by atoms with Gasteiger partial charge in [0, 0.05) is 30.2 Å². The summed E-state index contributed by atoms with van der Waals surface area (Å²) in [6.45, 7) is 5.76. The third-order valence-corrected chi connectivity index (χ3v) is 5.27. The van der Waals surface area contributed by atoms with Crippen LogP contribution in [-0.2, 0) is 9.59 Å². The van der Waals surface area contributed by atoms with Gasteiger partial charge in [-0.25, -0.2) is 0 Å². The molecular formula is C26H32N2O4. The zero-order chi connectivity index (χ0) is 23.7. The van der Waals surface area contributed by atoms with Crippen molar-refractivity contribution in [1.29, 1.82) is 0 Å². The highest BCUT2D eigenvalue weighted by Crippen LogP contribution is 2.14. The van der Waals surface area contributed by atoms with Crippen LogP contribution in [0.1, 0.15) is 66.3 Å². The Bertz CT molecular complexity index is 936. The summed E-state index contributed by atoms with van der Waals surface area (Å²) >= 11 is 0. The van der Waals surface area contributed by atoms with Crippen molar-refractivity contribution in [1.82, 2.24) is 10.2 Å². The number of hydrogen-bond donors (Lipinski definition) is 1. The van der Waals surface area contributed by atoms with Crippen LogP contribution in [0, 0.1) is 5.92 Å². The van der Waals surface area contributed by atoms with Gasteiger partial charge >= 0.3 is 0 Å². The predicted octanol–water partition coefficient (Wildman–Crippen LogP) is 3.89. The van der Waals surface area contributed by atoms with E-state index in [9.17, 15) is 19.2 Å². The summed E-state index contributed by atoms with van der Waals surface area (Å²) in [6.07, 6.45) is 1.75. The number of carbonyl (C=O) groups is 4. The number of benzene rings is 2. The number of likely N-dealkylation sites (N-methyl/N-ethyl adjacent to an activating group) is 1. The van der Waals surface area contributed by atoms with Crippen molar-refractivity contribution in [2.75, 3.05) is 13.6 Å². The van der Waals surface area contributed by atoms with E-state index in [2.05, 4.69) is 5.32 Å². The molecule has 0 aliphatic heterocycles. The molecule has 32 heavy (non-hydrogen) atoms. The fraction of sp³-hybridized carbons (Fsp3) is 0.385. The van der Waals surface area contributed by atoms with E-state index < -0.39 is 11.9 Å². The van der Waals surface area contributed by atoms with Crippen LogP contribution in [-0.4, -0.2) is 47.9 Å². The number of nitrogens with zero attached hydrogens (tertiary/aromatic N) is 1. The van der Waals surface area contributed by atoms with Crippen LogP contribution in [0.2, 0.25) is 0 Å². The molecule has 6 heteroatoms. The maximum Gasteiger partial charge on any atom is 0.251 e. The third kappa shape index (κ3) is 6.87. The van der Waals surface area contributed by atoms with Crippen molar-refractivity contribution in [3.63, 3.8) is 0 Å². The van der Waals surface area contributed by atoms with Crippen molar-refractivity contribution in [3.05, 3.63) is 71.3 Å². The van der Waals surface area contributed by atoms with Crippen molar-refractivity contribution in [2.24, 2.45) is 5.92 Å². The van der Waals surface area contributed by atoms with Gasteiger partial charge in [-0.3, -0.25) is 19.2 Å². The molecule has 1 unspecified atom stereocenters. The summed E-state index contributed by atoms with van der Waals surface area (Å²) < 4.78 is 0. The number of hydrogen-bond acceptors (Lipinski definition) is 4. The van der Waals surface area contributed by atoms with Crippen LogP contribution in [0.4, 0.5) is 0 Å². The van der Waals surface area contributed by atoms with Gasteiger partial charge in [-0.15, -0.1) is 0 Å². The Morgan fingerprint density at radius 3 is 2.00 bits per heavy atom. The molecule has 2 amide bonds. The van der Waals surface area contributed by atoms with Gasteiger partial charge < -0.3 is 10.2 Å². The number of amides is 2. The highest BCUT2D eigenvalue weighted by molar-refractivity contribution is 6.09. The van der Waals surface area contributed by atoms with E-state index in [-0.39, 0.29) is 29.9 Å². The zero-order valence-electron chi connectivity index (χ0n) is 19.3. The van der Waals surface area contributed by atoms with Gasteiger partial charge in [0.15, 0.2) is 11.6 Å². The molecule has 0 saturated heterocycles. The van der Waals surface area contributed by atoms with E-state index >= 15 is 0 Å². The molecule has 0 saturated carbocycles. The zero-order valence-corrected chi connectivity index (χ0v) is 19.3. The minimum Gasteiger partial charge on any atom is -0.343 e. The Morgan fingerprint density at radius 1 is 0.875 bits per heavy atom. The van der Waals surface area contributed by atoms with E-state index in [0.29, 0.717) is 29.5 Å². The standard InChI is InChI=1S/C26H32N2O4/c1-5-9-23(29)22(16-18(2)3)28(4)24(30)17-27-26(32)21-14-12-20(13-15-21)25(31)19-10-7-6-8-11-19/h6-8,10-15,18,22H,5,9,16-17H2,1-4H3,(H,27,32). The molecule has 0 spiro atoms. The quantitative estimate of drug-likeness (QED) is 0.542. The van der Waals surface area contributed by atoms with Crippen molar-refractivity contribution >= 4 is 23.4 Å². The molecule has 1 atom stereocenters. The second-order valence-electron chi connectivity index (χ2n) is 8.32. The van der Waals surface area contributed by atoms with Crippen LogP contribution in [0.25, 0.3) is 0 Å². The SMILES string of the molecule is CCCC(=O)C(CC(C)C)N(C)C(=O)CNC(=O)c1ccc(C(=O)c2ccccc2)cc1. The number of carbonyl (C=O) groups excluding carboxylic acids is 4. The van der Waals surface area contributed by atoms with Crippen LogP contribution >= 0.6 is 0 Å². The lowest BCUT2D eigenvalue weighted by Crippen LogP contribution is -2.47. The van der Waals surface area contributed by atoms with E-state index in [1.165, 1.54) is 4.90 Å². The normalized spacial score (nSPS) is 11.7. The van der Waals surface area contributed by atoms with Crippen LogP contribution in [0.5, 0.6) is 0 Å². The molecule has 0 heterocycles. The van der Waals surface area contributed by atoms with Crippen molar-refractivity contribution in [2.45, 2.75) is 46.1 Å². The lowest BCUT2D eigenvalue weighted by atomic mass is 9.96. The number of Topliss-reactive ketones (excluding diaryl/α,β-unsaturated/α-hetero) is 1. The fourth-order valence-electron chi connectivity index (χ4n) is 3.45. The summed E-state index contributed by atoms with van der Waals surface area (Å²) in [5, 5.41) is 2.61. The fourth-order valence-corrected chi connectivity index (χ4v) is 3.45. The first-order chi connectivity index (χ1) is 15.2. The van der Waals surface area contributed by atoms with Gasteiger partial charge in [0.1, 0.15) is 0 Å². The van der Waals surface area contributed by atoms with Gasteiger partial charge in [0.2, 0.25) is 5.91 Å². The van der Waals surface area contributed by atoms with Crippen LogP contribution < -0.4 is 5.32 Å². The smallest absolute Gasteiger partial charge is 0.251 e. The topological polar surface area (TPSA) is 83.6 Å². The summed E-state index contributed by atoms with van der Waals surface area (Å²) in [6, 6.07) is 14.7. The molecule has 0 radical (unpaired) electrons. The summed E-state index contributed by atoms with van der Waals surface area (Å²) in [7, 11) is 1.61. The maximum atomic E-state index is 12.6. The Hall–Kier alpha value is -3.28. The molecule has 2 rings (SSSR count).